The summed E-state index contributed by atoms with van der Waals surface area (Å²) in [5.41, 5.74) is 19.5. The quantitative estimate of drug-likeness (QED) is 0.180. The average molecular weight is 671 g/mol. The lowest BCUT2D eigenvalue weighted by Gasteiger charge is -2.43. The number of anilines is 5. The molecule has 0 saturated heterocycles. The fourth-order valence-electron chi connectivity index (χ4n) is 9.26. The molecule has 7 aromatic carbocycles. The first-order valence-electron chi connectivity index (χ1n) is 18.8. The van der Waals surface area contributed by atoms with Crippen molar-refractivity contribution in [1.29, 1.82) is 0 Å². The van der Waals surface area contributed by atoms with Crippen LogP contribution < -0.4 is 9.80 Å². The largest absolute Gasteiger partial charge is 0.338 e. The maximum atomic E-state index is 2.63. The first-order valence-corrected chi connectivity index (χ1v) is 18.8. The number of para-hydroxylation sites is 1. The van der Waals surface area contributed by atoms with Crippen LogP contribution in [0, 0.1) is 0 Å². The van der Waals surface area contributed by atoms with Crippen molar-refractivity contribution in [3.8, 4) is 33.4 Å². The molecular formula is C50H42N2. The standard InChI is InChI=1S/C50H42N2/c1-50(2)46-17-8-7-16-44(46)45-29-28-43(33-47(45)50)51(40-24-19-35(20-25-40)34-11-4-3-5-12-34)42-15-10-14-37(32-42)38-23-30-49-39(31-38)22-27-41-26-21-36-13-6-9-18-48(36)52(41)49/h3-20,23-25,28-33,41H,21-22,26-27H2,1-2H3. The van der Waals surface area contributed by atoms with Crippen molar-refractivity contribution < 1.29 is 0 Å². The minimum atomic E-state index is -0.0797. The second-order valence-electron chi connectivity index (χ2n) is 15.3. The van der Waals surface area contributed by atoms with E-state index in [2.05, 4.69) is 187 Å². The molecule has 0 spiro atoms. The zero-order valence-corrected chi connectivity index (χ0v) is 29.9. The van der Waals surface area contributed by atoms with E-state index in [1.807, 2.05) is 0 Å². The first kappa shape index (κ1) is 30.9. The van der Waals surface area contributed by atoms with E-state index in [1.165, 1.54) is 92.0 Å². The van der Waals surface area contributed by atoms with E-state index < -0.39 is 0 Å². The summed E-state index contributed by atoms with van der Waals surface area (Å²) in [5.74, 6) is 0. The van der Waals surface area contributed by atoms with Gasteiger partial charge in [0.05, 0.1) is 0 Å². The molecule has 3 aliphatic rings. The Bertz CT molecular complexity index is 2460. The molecule has 1 unspecified atom stereocenters. The lowest BCUT2D eigenvalue weighted by Crippen LogP contribution is -2.39. The Kier molecular flexibility index (Phi) is 7.21. The summed E-state index contributed by atoms with van der Waals surface area (Å²) in [4.78, 5) is 5.07. The Morgan fingerprint density at radius 3 is 1.94 bits per heavy atom. The van der Waals surface area contributed by atoms with Crippen molar-refractivity contribution >= 4 is 28.4 Å². The van der Waals surface area contributed by atoms with E-state index >= 15 is 0 Å². The van der Waals surface area contributed by atoms with Crippen molar-refractivity contribution in [1.82, 2.24) is 0 Å². The molecular weight excluding hydrogens is 629 g/mol. The second kappa shape index (κ2) is 12.1. The molecule has 1 aliphatic carbocycles. The van der Waals surface area contributed by atoms with Crippen molar-refractivity contribution in [2.24, 2.45) is 0 Å². The summed E-state index contributed by atoms with van der Waals surface area (Å²) >= 11 is 0. The van der Waals surface area contributed by atoms with E-state index in [1.54, 1.807) is 0 Å². The maximum absolute atomic E-state index is 2.63. The highest BCUT2D eigenvalue weighted by Gasteiger charge is 2.36. The third-order valence-corrected chi connectivity index (χ3v) is 11.9. The molecule has 10 rings (SSSR count). The summed E-state index contributed by atoms with van der Waals surface area (Å²) in [7, 11) is 0. The summed E-state index contributed by atoms with van der Waals surface area (Å²) in [6, 6.07) is 61.6. The predicted octanol–water partition coefficient (Wildman–Crippen LogP) is 13.2. The normalized spacial score (nSPS) is 16.3. The predicted molar refractivity (Wildman–Crippen MR) is 219 cm³/mol. The molecule has 0 bridgehead atoms. The molecule has 2 aliphatic heterocycles. The van der Waals surface area contributed by atoms with Gasteiger partial charge >= 0.3 is 0 Å². The van der Waals surface area contributed by atoms with Gasteiger partial charge in [0, 0.05) is 39.9 Å². The monoisotopic (exact) mass is 670 g/mol. The van der Waals surface area contributed by atoms with Crippen LogP contribution in [0.5, 0.6) is 0 Å². The number of hydrogen-bond donors (Lipinski definition) is 0. The van der Waals surface area contributed by atoms with E-state index in [-0.39, 0.29) is 5.41 Å². The van der Waals surface area contributed by atoms with Crippen LogP contribution in [-0.4, -0.2) is 6.04 Å². The number of fused-ring (bicyclic) bond motifs is 8. The van der Waals surface area contributed by atoms with Gasteiger partial charge in [0.1, 0.15) is 0 Å². The zero-order valence-electron chi connectivity index (χ0n) is 29.9. The summed E-state index contributed by atoms with van der Waals surface area (Å²) in [6.45, 7) is 4.73. The van der Waals surface area contributed by atoms with E-state index in [0.717, 1.165) is 17.8 Å². The minimum Gasteiger partial charge on any atom is -0.338 e. The fourth-order valence-corrected chi connectivity index (χ4v) is 9.26. The number of benzene rings is 7. The molecule has 0 saturated carbocycles. The van der Waals surface area contributed by atoms with Crippen LogP contribution in [0.1, 0.15) is 48.9 Å². The minimum absolute atomic E-state index is 0.0797. The Labute approximate surface area is 307 Å². The SMILES string of the molecule is CC1(C)c2ccccc2-c2ccc(N(c3ccc(-c4ccccc4)cc3)c3cccc(-c4ccc5c(c4)CCC4CCc6ccccc6N54)c3)cc21. The average Bonchev–Trinajstić information content (AvgIpc) is 3.43. The maximum Gasteiger partial charge on any atom is 0.0467 e. The zero-order chi connectivity index (χ0) is 34.8. The van der Waals surface area contributed by atoms with Gasteiger partial charge in [-0.25, -0.2) is 0 Å². The van der Waals surface area contributed by atoms with Gasteiger partial charge in [0.2, 0.25) is 0 Å². The van der Waals surface area contributed by atoms with Gasteiger partial charge in [0.15, 0.2) is 0 Å². The van der Waals surface area contributed by atoms with Gasteiger partial charge in [-0.3, -0.25) is 0 Å². The number of aryl methyl sites for hydroxylation is 2. The lowest BCUT2D eigenvalue weighted by molar-refractivity contribution is 0.518. The van der Waals surface area contributed by atoms with Crippen molar-refractivity contribution in [2.75, 3.05) is 9.80 Å². The Morgan fingerprint density at radius 1 is 0.462 bits per heavy atom. The third kappa shape index (κ3) is 5.00. The molecule has 0 radical (unpaired) electrons. The lowest BCUT2D eigenvalue weighted by atomic mass is 9.82. The highest BCUT2D eigenvalue weighted by molar-refractivity contribution is 5.87. The highest BCUT2D eigenvalue weighted by Crippen LogP contribution is 2.51. The Hall–Kier alpha value is -5.86. The number of nitrogens with zero attached hydrogens (tertiary/aromatic N) is 2. The van der Waals surface area contributed by atoms with Gasteiger partial charge in [-0.05, 0) is 136 Å². The molecule has 52 heavy (non-hydrogen) atoms. The van der Waals surface area contributed by atoms with Crippen LogP contribution in [0.4, 0.5) is 28.4 Å². The number of hydrogen-bond acceptors (Lipinski definition) is 2. The molecule has 252 valence electrons. The van der Waals surface area contributed by atoms with Crippen LogP contribution in [0.3, 0.4) is 0 Å². The molecule has 0 N–H and O–H groups in total. The van der Waals surface area contributed by atoms with Crippen LogP contribution in [0.25, 0.3) is 33.4 Å². The Balaban J connectivity index is 1.06. The smallest absolute Gasteiger partial charge is 0.0467 e. The van der Waals surface area contributed by atoms with Crippen LogP contribution >= 0.6 is 0 Å². The third-order valence-electron chi connectivity index (χ3n) is 11.9. The molecule has 1 atom stereocenters. The Morgan fingerprint density at radius 2 is 1.08 bits per heavy atom. The topological polar surface area (TPSA) is 6.48 Å². The van der Waals surface area contributed by atoms with Gasteiger partial charge in [-0.2, -0.15) is 0 Å². The fraction of sp³-hybridized carbons (Fsp3) is 0.160. The van der Waals surface area contributed by atoms with Gasteiger partial charge in [-0.15, -0.1) is 0 Å². The molecule has 0 aromatic heterocycles. The van der Waals surface area contributed by atoms with Crippen LogP contribution in [0.15, 0.2) is 164 Å². The summed E-state index contributed by atoms with van der Waals surface area (Å²) < 4.78 is 0. The molecule has 2 heteroatoms. The van der Waals surface area contributed by atoms with Crippen molar-refractivity contribution in [3.05, 3.63) is 186 Å². The molecule has 7 aromatic rings. The van der Waals surface area contributed by atoms with Gasteiger partial charge < -0.3 is 9.80 Å². The number of rotatable bonds is 5. The van der Waals surface area contributed by atoms with Crippen molar-refractivity contribution in [3.63, 3.8) is 0 Å². The molecule has 2 nitrogen and oxygen atoms in total. The van der Waals surface area contributed by atoms with E-state index in [4.69, 9.17) is 0 Å². The first-order chi connectivity index (χ1) is 25.5. The molecule has 0 amide bonds. The summed E-state index contributed by atoms with van der Waals surface area (Å²) in [6.07, 6.45) is 4.74. The van der Waals surface area contributed by atoms with Gasteiger partial charge in [0.25, 0.3) is 0 Å². The van der Waals surface area contributed by atoms with Crippen molar-refractivity contribution in [2.45, 2.75) is 51.0 Å². The van der Waals surface area contributed by atoms with E-state index in [0.29, 0.717) is 6.04 Å². The van der Waals surface area contributed by atoms with Crippen LogP contribution in [0.2, 0.25) is 0 Å². The van der Waals surface area contributed by atoms with Gasteiger partial charge in [-0.1, -0.05) is 123 Å². The second-order valence-corrected chi connectivity index (χ2v) is 15.3. The molecule has 0 fully saturated rings. The van der Waals surface area contributed by atoms with E-state index in [9.17, 15) is 0 Å². The highest BCUT2D eigenvalue weighted by atomic mass is 15.2. The van der Waals surface area contributed by atoms with Crippen LogP contribution in [-0.2, 0) is 18.3 Å². The molecule has 2 heterocycles. The summed E-state index contributed by atoms with van der Waals surface area (Å²) in [5, 5.41) is 0.